The van der Waals surface area contributed by atoms with Gasteiger partial charge in [-0.15, -0.1) is 0 Å². The number of carbonyl (C=O) groups is 1. The first-order chi connectivity index (χ1) is 6.63. The Kier molecular flexibility index (Phi) is 2.97. The summed E-state index contributed by atoms with van der Waals surface area (Å²) in [6, 6.07) is 1.80. The van der Waals surface area contributed by atoms with Crippen molar-refractivity contribution >= 4 is 5.97 Å². The molecule has 0 spiro atoms. The van der Waals surface area contributed by atoms with Crippen molar-refractivity contribution in [3.8, 4) is 11.9 Å². The van der Waals surface area contributed by atoms with Crippen LogP contribution in [0.1, 0.15) is 11.4 Å². The third-order valence-corrected chi connectivity index (χ3v) is 1.33. The number of ether oxygens (including phenoxy) is 1. The zero-order valence-corrected chi connectivity index (χ0v) is 7.39. The average molecular weight is 193 g/mol. The van der Waals surface area contributed by atoms with Crippen molar-refractivity contribution in [1.82, 2.24) is 9.97 Å². The van der Waals surface area contributed by atoms with E-state index in [1.807, 2.05) is 0 Å². The molecular weight excluding hydrogens is 186 g/mol. The molecule has 0 unspecified atom stereocenters. The molecule has 0 aliphatic carbocycles. The smallest absolute Gasteiger partial charge is 0.341 e. The van der Waals surface area contributed by atoms with Gasteiger partial charge in [-0.2, -0.15) is 10.2 Å². The molecule has 0 aliphatic heterocycles. The second-order valence-electron chi connectivity index (χ2n) is 2.43. The molecule has 72 valence electrons. The maximum atomic E-state index is 10.2. The van der Waals surface area contributed by atoms with Gasteiger partial charge in [0.25, 0.3) is 0 Å². The monoisotopic (exact) mass is 193 g/mol. The highest BCUT2D eigenvalue weighted by atomic mass is 16.5. The molecule has 0 saturated carbocycles. The summed E-state index contributed by atoms with van der Waals surface area (Å²) in [5.41, 5.74) is 0.122. The third kappa shape index (κ3) is 2.42. The molecule has 0 aromatic carbocycles. The van der Waals surface area contributed by atoms with Gasteiger partial charge in [-0.25, -0.2) is 9.78 Å². The summed E-state index contributed by atoms with van der Waals surface area (Å²) >= 11 is 0. The number of aliphatic carboxylic acids is 1. The van der Waals surface area contributed by atoms with Gasteiger partial charge in [-0.1, -0.05) is 0 Å². The summed E-state index contributed by atoms with van der Waals surface area (Å²) in [4.78, 5) is 17.8. The van der Waals surface area contributed by atoms with Crippen molar-refractivity contribution in [3.63, 3.8) is 0 Å². The molecule has 14 heavy (non-hydrogen) atoms. The van der Waals surface area contributed by atoms with Gasteiger partial charge < -0.3 is 9.84 Å². The van der Waals surface area contributed by atoms with E-state index in [0.717, 1.165) is 0 Å². The van der Waals surface area contributed by atoms with Gasteiger partial charge in [-0.05, 0) is 6.92 Å². The number of hydrogen-bond donors (Lipinski definition) is 1. The summed E-state index contributed by atoms with van der Waals surface area (Å²) in [5.74, 6) is -0.697. The summed E-state index contributed by atoms with van der Waals surface area (Å²) in [5, 5.41) is 17.0. The molecule has 1 rings (SSSR count). The van der Waals surface area contributed by atoms with Crippen LogP contribution < -0.4 is 4.74 Å². The normalized spacial score (nSPS) is 9.14. The Bertz CT molecular complexity index is 397. The number of aromatic nitrogens is 2. The Morgan fingerprint density at radius 3 is 3.07 bits per heavy atom. The molecule has 0 radical (unpaired) electrons. The summed E-state index contributed by atoms with van der Waals surface area (Å²) in [6.45, 7) is 1.10. The number of carboxylic acids is 1. The molecule has 0 aliphatic rings. The first kappa shape index (κ1) is 9.92. The predicted molar refractivity (Wildman–Crippen MR) is 44.6 cm³/mol. The Hall–Kier alpha value is -2.16. The Morgan fingerprint density at radius 1 is 1.79 bits per heavy atom. The number of nitrogens with zero attached hydrogens (tertiary/aromatic N) is 3. The first-order valence-electron chi connectivity index (χ1n) is 3.72. The van der Waals surface area contributed by atoms with Gasteiger partial charge in [0.05, 0.1) is 6.20 Å². The Labute approximate surface area is 79.8 Å². The van der Waals surface area contributed by atoms with Gasteiger partial charge in [0.1, 0.15) is 17.5 Å². The highest BCUT2D eigenvalue weighted by Crippen LogP contribution is 2.12. The largest absolute Gasteiger partial charge is 0.479 e. The van der Waals surface area contributed by atoms with Crippen LogP contribution in [0.5, 0.6) is 5.88 Å². The van der Waals surface area contributed by atoms with Gasteiger partial charge in [0, 0.05) is 0 Å². The summed E-state index contributed by atoms with van der Waals surface area (Å²) in [6.07, 6.45) is 1.29. The molecule has 0 atom stereocenters. The molecule has 0 fully saturated rings. The van der Waals surface area contributed by atoms with E-state index < -0.39 is 12.6 Å². The molecular formula is C8H7N3O3. The van der Waals surface area contributed by atoms with E-state index in [-0.39, 0.29) is 11.4 Å². The van der Waals surface area contributed by atoms with E-state index >= 15 is 0 Å². The van der Waals surface area contributed by atoms with Crippen LogP contribution in [0.15, 0.2) is 6.20 Å². The molecule has 0 bridgehead atoms. The van der Waals surface area contributed by atoms with Crippen LogP contribution in [0.2, 0.25) is 0 Å². The highest BCUT2D eigenvalue weighted by Gasteiger charge is 2.07. The maximum Gasteiger partial charge on any atom is 0.341 e. The van der Waals surface area contributed by atoms with Gasteiger partial charge in [0.15, 0.2) is 6.61 Å². The first-order valence-corrected chi connectivity index (χ1v) is 3.72. The molecule has 0 amide bonds. The molecule has 1 N–H and O–H groups in total. The average Bonchev–Trinajstić information content (AvgIpc) is 2.15. The molecule has 1 heterocycles. The van der Waals surface area contributed by atoms with E-state index in [0.29, 0.717) is 5.82 Å². The van der Waals surface area contributed by atoms with E-state index in [4.69, 9.17) is 15.1 Å². The minimum Gasteiger partial charge on any atom is -0.479 e. The van der Waals surface area contributed by atoms with E-state index in [2.05, 4.69) is 9.97 Å². The van der Waals surface area contributed by atoms with Crippen LogP contribution in [-0.4, -0.2) is 27.7 Å². The van der Waals surface area contributed by atoms with Gasteiger partial charge in [-0.3, -0.25) is 0 Å². The van der Waals surface area contributed by atoms with Gasteiger partial charge >= 0.3 is 5.97 Å². The van der Waals surface area contributed by atoms with Crippen molar-refractivity contribution in [2.75, 3.05) is 6.61 Å². The summed E-state index contributed by atoms with van der Waals surface area (Å²) in [7, 11) is 0. The van der Waals surface area contributed by atoms with Crippen LogP contribution in [0.4, 0.5) is 0 Å². The van der Waals surface area contributed by atoms with E-state index in [9.17, 15) is 4.79 Å². The van der Waals surface area contributed by atoms with Crippen molar-refractivity contribution in [1.29, 1.82) is 5.26 Å². The standard InChI is InChI=1S/C8H7N3O3/c1-5-10-3-6(2-9)8(11-5)14-4-7(12)13/h3H,4H2,1H3,(H,12,13). The van der Waals surface area contributed by atoms with Gasteiger partial charge in [0.2, 0.25) is 5.88 Å². The topological polar surface area (TPSA) is 96.1 Å². The number of carboxylic acid groups (broad SMARTS) is 1. The van der Waals surface area contributed by atoms with Crippen molar-refractivity contribution in [3.05, 3.63) is 17.6 Å². The lowest BCUT2D eigenvalue weighted by molar-refractivity contribution is -0.139. The second-order valence-corrected chi connectivity index (χ2v) is 2.43. The van der Waals surface area contributed by atoms with Crippen LogP contribution in [0, 0.1) is 18.3 Å². The SMILES string of the molecule is Cc1ncc(C#N)c(OCC(=O)O)n1. The lowest BCUT2D eigenvalue weighted by Crippen LogP contribution is -2.11. The summed E-state index contributed by atoms with van der Waals surface area (Å²) < 4.78 is 4.80. The Morgan fingerprint density at radius 2 is 2.50 bits per heavy atom. The van der Waals surface area contributed by atoms with E-state index in [1.54, 1.807) is 13.0 Å². The van der Waals surface area contributed by atoms with Crippen LogP contribution in [0.3, 0.4) is 0 Å². The lowest BCUT2D eigenvalue weighted by atomic mass is 10.3. The minimum atomic E-state index is -1.12. The molecule has 1 aromatic rings. The molecule has 6 heteroatoms. The minimum absolute atomic E-state index is 0.00222. The quantitative estimate of drug-likeness (QED) is 0.732. The molecule has 6 nitrogen and oxygen atoms in total. The number of aryl methyl sites for hydroxylation is 1. The highest BCUT2D eigenvalue weighted by molar-refractivity contribution is 5.68. The number of hydrogen-bond acceptors (Lipinski definition) is 5. The predicted octanol–water partition coefficient (Wildman–Crippen LogP) is 0.120. The fourth-order valence-corrected chi connectivity index (χ4v) is 0.766. The van der Waals surface area contributed by atoms with Crippen molar-refractivity contribution in [2.45, 2.75) is 6.92 Å². The van der Waals surface area contributed by atoms with Crippen molar-refractivity contribution in [2.24, 2.45) is 0 Å². The zero-order chi connectivity index (χ0) is 10.6. The zero-order valence-electron chi connectivity index (χ0n) is 7.39. The number of rotatable bonds is 3. The Balaban J connectivity index is 2.89. The molecule has 1 aromatic heterocycles. The molecule has 0 saturated heterocycles. The van der Waals surface area contributed by atoms with Crippen LogP contribution in [0.25, 0.3) is 0 Å². The number of nitriles is 1. The van der Waals surface area contributed by atoms with Crippen molar-refractivity contribution < 1.29 is 14.6 Å². The lowest BCUT2D eigenvalue weighted by Gasteiger charge is -2.03. The fourth-order valence-electron chi connectivity index (χ4n) is 0.766. The van der Waals surface area contributed by atoms with Crippen LogP contribution in [-0.2, 0) is 4.79 Å². The second kappa shape index (κ2) is 4.18. The van der Waals surface area contributed by atoms with E-state index in [1.165, 1.54) is 6.20 Å². The third-order valence-electron chi connectivity index (χ3n) is 1.33. The fraction of sp³-hybridized carbons (Fsp3) is 0.250. The maximum absolute atomic E-state index is 10.2. The van der Waals surface area contributed by atoms with Crippen LogP contribution >= 0.6 is 0 Å².